The highest BCUT2D eigenvalue weighted by atomic mass is 79.9. The summed E-state index contributed by atoms with van der Waals surface area (Å²) in [6.07, 6.45) is 3.39. The lowest BCUT2D eigenvalue weighted by Crippen LogP contribution is -2.36. The van der Waals surface area contributed by atoms with Crippen LogP contribution >= 0.6 is 15.9 Å². The molecule has 1 aliphatic rings. The van der Waals surface area contributed by atoms with Crippen molar-refractivity contribution in [2.24, 2.45) is 0 Å². The van der Waals surface area contributed by atoms with E-state index in [1.807, 2.05) is 54.6 Å². The minimum atomic E-state index is -0.253. The number of carbonyl (C=O) groups excluding carboxylic acids is 1. The number of fused-ring (bicyclic) bond motifs is 1. The van der Waals surface area contributed by atoms with Crippen molar-refractivity contribution >= 4 is 27.5 Å². The average Bonchev–Trinajstić information content (AvgIpc) is 2.64. The monoisotopic (exact) mass is 395 g/mol. The molecule has 126 valence electrons. The molecule has 25 heavy (non-hydrogen) atoms. The molecule has 1 N–H and O–H groups in total. The third-order valence-corrected chi connectivity index (χ3v) is 4.64. The number of anilines is 1. The van der Waals surface area contributed by atoms with E-state index < -0.39 is 0 Å². The molecular weight excluding hydrogens is 378 g/mol. The largest absolute Gasteiger partial charge is 0.386 e. The maximum atomic E-state index is 12.8. The molecule has 0 unspecified atom stereocenters. The van der Waals surface area contributed by atoms with Crippen molar-refractivity contribution in [3.8, 4) is 6.07 Å². The summed E-state index contributed by atoms with van der Waals surface area (Å²) in [4.78, 5) is 14.5. The molecule has 2 aromatic carbocycles. The van der Waals surface area contributed by atoms with Crippen LogP contribution in [0.5, 0.6) is 0 Å². The van der Waals surface area contributed by atoms with E-state index in [-0.39, 0.29) is 11.5 Å². The maximum absolute atomic E-state index is 12.8. The summed E-state index contributed by atoms with van der Waals surface area (Å²) in [7, 11) is 0. The van der Waals surface area contributed by atoms with Gasteiger partial charge >= 0.3 is 0 Å². The predicted molar refractivity (Wildman–Crippen MR) is 102 cm³/mol. The number of halogens is 1. The molecule has 0 aromatic heterocycles. The van der Waals surface area contributed by atoms with Gasteiger partial charge in [-0.05, 0) is 42.2 Å². The summed E-state index contributed by atoms with van der Waals surface area (Å²) in [5.41, 5.74) is 3.25. The SMILES string of the molecule is N#C/C(=C/NCc1cccc(Br)c1)C(=O)N1CCCc2ccccc21. The van der Waals surface area contributed by atoms with E-state index in [9.17, 15) is 10.1 Å². The lowest BCUT2D eigenvalue weighted by molar-refractivity contribution is -0.114. The van der Waals surface area contributed by atoms with Crippen LogP contribution in [0.3, 0.4) is 0 Å². The Morgan fingerprint density at radius 3 is 2.92 bits per heavy atom. The second-order valence-corrected chi connectivity index (χ2v) is 6.79. The molecule has 4 nitrogen and oxygen atoms in total. The number of rotatable bonds is 4. The normalized spacial score (nSPS) is 13.8. The fraction of sp³-hybridized carbons (Fsp3) is 0.200. The first-order chi connectivity index (χ1) is 12.2. The van der Waals surface area contributed by atoms with Crippen LogP contribution < -0.4 is 10.2 Å². The summed E-state index contributed by atoms with van der Waals surface area (Å²) in [5.74, 6) is -0.253. The van der Waals surface area contributed by atoms with Gasteiger partial charge in [-0.2, -0.15) is 5.26 Å². The Hall–Kier alpha value is -2.58. The smallest absolute Gasteiger partial charge is 0.270 e. The van der Waals surface area contributed by atoms with E-state index in [2.05, 4.69) is 21.2 Å². The number of benzene rings is 2. The lowest BCUT2D eigenvalue weighted by Gasteiger charge is -2.29. The summed E-state index contributed by atoms with van der Waals surface area (Å²) >= 11 is 3.43. The van der Waals surface area contributed by atoms with Crippen LogP contribution in [0.1, 0.15) is 17.5 Å². The van der Waals surface area contributed by atoms with Crippen LogP contribution in [-0.4, -0.2) is 12.5 Å². The molecule has 0 saturated carbocycles. The molecule has 0 bridgehead atoms. The zero-order valence-corrected chi connectivity index (χ0v) is 15.3. The van der Waals surface area contributed by atoms with Crippen molar-refractivity contribution in [3.05, 3.63) is 75.9 Å². The topological polar surface area (TPSA) is 56.1 Å². The summed E-state index contributed by atoms with van der Waals surface area (Å²) < 4.78 is 0.997. The van der Waals surface area contributed by atoms with Gasteiger partial charge in [0.25, 0.3) is 5.91 Å². The molecule has 5 heteroatoms. The van der Waals surface area contributed by atoms with E-state index in [1.54, 1.807) is 4.90 Å². The van der Waals surface area contributed by atoms with Crippen LogP contribution in [0.25, 0.3) is 0 Å². The molecule has 1 aliphatic heterocycles. The fourth-order valence-corrected chi connectivity index (χ4v) is 3.40. The second kappa shape index (κ2) is 8.00. The molecule has 3 rings (SSSR count). The number of hydrogen-bond acceptors (Lipinski definition) is 3. The van der Waals surface area contributed by atoms with Gasteiger partial charge in [0.2, 0.25) is 0 Å². The molecule has 0 saturated heterocycles. The molecule has 0 spiro atoms. The number of nitriles is 1. The highest BCUT2D eigenvalue weighted by Crippen LogP contribution is 2.27. The van der Waals surface area contributed by atoms with Crippen molar-refractivity contribution in [1.82, 2.24) is 5.32 Å². The minimum absolute atomic E-state index is 0.117. The van der Waals surface area contributed by atoms with E-state index in [1.165, 1.54) is 6.20 Å². The standard InChI is InChI=1S/C20H18BrN3O/c21-18-8-3-5-15(11-18)13-23-14-17(12-22)20(25)24-10-4-7-16-6-1-2-9-19(16)24/h1-3,5-6,8-9,11,14,23H,4,7,10,13H2/b17-14-. The molecule has 1 heterocycles. The van der Waals surface area contributed by atoms with Crippen LogP contribution in [-0.2, 0) is 17.8 Å². The Kier molecular flexibility index (Phi) is 5.52. The van der Waals surface area contributed by atoms with Crippen molar-refractivity contribution in [1.29, 1.82) is 5.26 Å². The van der Waals surface area contributed by atoms with E-state index in [4.69, 9.17) is 0 Å². The van der Waals surface area contributed by atoms with Gasteiger partial charge < -0.3 is 10.2 Å². The zero-order chi connectivity index (χ0) is 17.6. The van der Waals surface area contributed by atoms with E-state index in [0.29, 0.717) is 13.1 Å². The first-order valence-corrected chi connectivity index (χ1v) is 8.96. The zero-order valence-electron chi connectivity index (χ0n) is 13.7. The van der Waals surface area contributed by atoms with Crippen molar-refractivity contribution in [3.63, 3.8) is 0 Å². The highest BCUT2D eigenvalue weighted by Gasteiger charge is 2.24. The lowest BCUT2D eigenvalue weighted by atomic mass is 10.0. The fourth-order valence-electron chi connectivity index (χ4n) is 2.95. The third-order valence-electron chi connectivity index (χ3n) is 4.15. The number of carbonyl (C=O) groups is 1. The molecule has 0 atom stereocenters. The first-order valence-electron chi connectivity index (χ1n) is 8.17. The summed E-state index contributed by atoms with van der Waals surface area (Å²) in [5, 5.41) is 12.5. The Bertz CT molecular complexity index is 854. The molecule has 1 amide bonds. The predicted octanol–water partition coefficient (Wildman–Crippen LogP) is 3.93. The van der Waals surface area contributed by atoms with Gasteiger partial charge in [-0.3, -0.25) is 4.79 Å². The van der Waals surface area contributed by atoms with E-state index in [0.717, 1.165) is 34.1 Å². The summed E-state index contributed by atoms with van der Waals surface area (Å²) in [6, 6.07) is 17.8. The Balaban J connectivity index is 1.73. The quantitative estimate of drug-likeness (QED) is 0.630. The number of aryl methyl sites for hydroxylation is 1. The van der Waals surface area contributed by atoms with Crippen molar-refractivity contribution in [2.45, 2.75) is 19.4 Å². The number of para-hydroxylation sites is 1. The molecule has 0 aliphatic carbocycles. The number of nitrogens with one attached hydrogen (secondary N) is 1. The van der Waals surface area contributed by atoms with Gasteiger partial charge in [0.05, 0.1) is 0 Å². The molecule has 0 radical (unpaired) electrons. The van der Waals surface area contributed by atoms with Crippen LogP contribution in [0.4, 0.5) is 5.69 Å². The van der Waals surface area contributed by atoms with Crippen molar-refractivity contribution in [2.75, 3.05) is 11.4 Å². The Morgan fingerprint density at radius 1 is 1.28 bits per heavy atom. The second-order valence-electron chi connectivity index (χ2n) is 5.87. The highest BCUT2D eigenvalue weighted by molar-refractivity contribution is 9.10. The molecule has 0 fully saturated rings. The van der Waals surface area contributed by atoms with Gasteiger partial charge in [0.15, 0.2) is 0 Å². The van der Waals surface area contributed by atoms with Crippen LogP contribution in [0.2, 0.25) is 0 Å². The van der Waals surface area contributed by atoms with Gasteiger partial charge in [-0.1, -0.05) is 46.3 Å². The van der Waals surface area contributed by atoms with Gasteiger partial charge in [0.1, 0.15) is 11.6 Å². The van der Waals surface area contributed by atoms with Gasteiger partial charge in [-0.25, -0.2) is 0 Å². The Labute approximate surface area is 155 Å². The Morgan fingerprint density at radius 2 is 2.12 bits per heavy atom. The van der Waals surface area contributed by atoms with Crippen LogP contribution in [0.15, 0.2) is 64.8 Å². The van der Waals surface area contributed by atoms with Crippen LogP contribution in [0, 0.1) is 11.3 Å². The van der Waals surface area contributed by atoms with Crippen molar-refractivity contribution < 1.29 is 4.79 Å². The van der Waals surface area contributed by atoms with Gasteiger partial charge in [-0.15, -0.1) is 0 Å². The number of nitrogens with zero attached hydrogens (tertiary/aromatic N) is 2. The third kappa shape index (κ3) is 4.09. The average molecular weight is 396 g/mol. The maximum Gasteiger partial charge on any atom is 0.270 e. The minimum Gasteiger partial charge on any atom is -0.386 e. The van der Waals surface area contributed by atoms with E-state index >= 15 is 0 Å². The summed E-state index contributed by atoms with van der Waals surface area (Å²) in [6.45, 7) is 1.19. The first kappa shape index (κ1) is 17.2. The number of amides is 1. The molecule has 2 aromatic rings. The number of hydrogen-bond donors (Lipinski definition) is 1. The molecular formula is C20H18BrN3O. The van der Waals surface area contributed by atoms with Gasteiger partial charge in [0, 0.05) is 29.4 Å².